The molecular formula is C18H18Cl2FN3O3S. The summed E-state index contributed by atoms with van der Waals surface area (Å²) >= 11 is 11.7. The largest absolute Gasteiger partial charge is 0.325 e. The third-order valence-electron chi connectivity index (χ3n) is 4.24. The SMILES string of the molecule is O=C(CN1CCCN(Cc2cccc(Cl)c2)S1(=O)=O)Nc1ccc(F)c(Cl)c1. The van der Waals surface area contributed by atoms with E-state index in [0.717, 1.165) is 15.9 Å². The van der Waals surface area contributed by atoms with Crippen LogP contribution in [-0.4, -0.2) is 42.6 Å². The highest BCUT2D eigenvalue weighted by Crippen LogP contribution is 2.22. The summed E-state index contributed by atoms with van der Waals surface area (Å²) in [6, 6.07) is 10.7. The molecule has 3 rings (SSSR count). The molecule has 1 heterocycles. The Bertz CT molecular complexity index is 988. The summed E-state index contributed by atoms with van der Waals surface area (Å²) in [6.45, 7) is 0.435. The number of carbonyl (C=O) groups is 1. The van der Waals surface area contributed by atoms with Crippen LogP contribution in [0.25, 0.3) is 0 Å². The second kappa shape index (κ2) is 8.75. The molecule has 1 fully saturated rings. The third kappa shape index (κ3) is 5.01. The first-order chi connectivity index (χ1) is 13.3. The van der Waals surface area contributed by atoms with Crippen LogP contribution >= 0.6 is 23.2 Å². The first-order valence-corrected chi connectivity index (χ1v) is 10.7. The van der Waals surface area contributed by atoms with Crippen molar-refractivity contribution >= 4 is 45.0 Å². The molecule has 2 aromatic rings. The highest BCUT2D eigenvalue weighted by molar-refractivity contribution is 7.86. The second-order valence-corrected chi connectivity index (χ2v) is 9.11. The van der Waals surface area contributed by atoms with E-state index in [1.54, 1.807) is 24.3 Å². The van der Waals surface area contributed by atoms with E-state index >= 15 is 0 Å². The normalized spacial score (nSPS) is 17.4. The average molecular weight is 446 g/mol. The van der Waals surface area contributed by atoms with Crippen molar-refractivity contribution < 1.29 is 17.6 Å². The first-order valence-electron chi connectivity index (χ1n) is 8.50. The lowest BCUT2D eigenvalue weighted by atomic mass is 10.2. The maximum absolute atomic E-state index is 13.2. The van der Waals surface area contributed by atoms with Crippen molar-refractivity contribution in [2.24, 2.45) is 0 Å². The Kier molecular flexibility index (Phi) is 6.57. The first kappa shape index (κ1) is 21.0. The van der Waals surface area contributed by atoms with Crippen LogP contribution in [0.1, 0.15) is 12.0 Å². The summed E-state index contributed by atoms with van der Waals surface area (Å²) in [5, 5.41) is 2.94. The van der Waals surface area contributed by atoms with Gasteiger partial charge in [0.25, 0.3) is 10.2 Å². The van der Waals surface area contributed by atoms with Crippen molar-refractivity contribution in [2.75, 3.05) is 25.0 Å². The van der Waals surface area contributed by atoms with Crippen molar-refractivity contribution in [1.29, 1.82) is 0 Å². The van der Waals surface area contributed by atoms with E-state index in [4.69, 9.17) is 23.2 Å². The van der Waals surface area contributed by atoms with Gasteiger partial charge in [-0.2, -0.15) is 17.0 Å². The predicted molar refractivity (Wildman–Crippen MR) is 107 cm³/mol. The van der Waals surface area contributed by atoms with E-state index < -0.39 is 21.9 Å². The van der Waals surface area contributed by atoms with Crippen LogP contribution in [0.5, 0.6) is 0 Å². The Morgan fingerprint density at radius 1 is 1.11 bits per heavy atom. The van der Waals surface area contributed by atoms with Crippen LogP contribution in [0.15, 0.2) is 42.5 Å². The molecule has 0 aliphatic carbocycles. The van der Waals surface area contributed by atoms with Crippen LogP contribution < -0.4 is 5.32 Å². The molecule has 0 unspecified atom stereocenters. The number of benzene rings is 2. The molecule has 0 saturated carbocycles. The molecule has 6 nitrogen and oxygen atoms in total. The number of carbonyl (C=O) groups excluding carboxylic acids is 1. The van der Waals surface area contributed by atoms with Gasteiger partial charge in [0.15, 0.2) is 0 Å². The number of halogens is 3. The lowest BCUT2D eigenvalue weighted by molar-refractivity contribution is -0.116. The Hall–Kier alpha value is -1.71. The second-order valence-electron chi connectivity index (χ2n) is 6.34. The van der Waals surface area contributed by atoms with Gasteiger partial charge in [0, 0.05) is 30.3 Å². The predicted octanol–water partition coefficient (Wildman–Crippen LogP) is 3.52. The molecule has 10 heteroatoms. The molecule has 0 spiro atoms. The summed E-state index contributed by atoms with van der Waals surface area (Å²) in [4.78, 5) is 12.3. The van der Waals surface area contributed by atoms with Gasteiger partial charge in [0.05, 0.1) is 11.6 Å². The van der Waals surface area contributed by atoms with Gasteiger partial charge >= 0.3 is 0 Å². The maximum atomic E-state index is 13.2. The van der Waals surface area contributed by atoms with Gasteiger partial charge in [0.2, 0.25) is 5.91 Å². The van der Waals surface area contributed by atoms with Crippen LogP contribution in [-0.2, 0) is 21.5 Å². The number of nitrogens with zero attached hydrogens (tertiary/aromatic N) is 2. The van der Waals surface area contributed by atoms with Crippen molar-refractivity contribution in [1.82, 2.24) is 8.61 Å². The number of hydrogen-bond acceptors (Lipinski definition) is 3. The average Bonchev–Trinajstić information content (AvgIpc) is 2.62. The van der Waals surface area contributed by atoms with Gasteiger partial charge in [-0.25, -0.2) is 4.39 Å². The Morgan fingerprint density at radius 2 is 1.86 bits per heavy atom. The Balaban J connectivity index is 1.67. The molecule has 1 amide bonds. The van der Waals surface area contributed by atoms with E-state index in [1.165, 1.54) is 16.4 Å². The highest BCUT2D eigenvalue weighted by atomic mass is 35.5. The van der Waals surface area contributed by atoms with Crippen molar-refractivity contribution in [3.05, 3.63) is 63.9 Å². The lowest BCUT2D eigenvalue weighted by Crippen LogP contribution is -2.51. The summed E-state index contributed by atoms with van der Waals surface area (Å²) in [7, 11) is -3.80. The zero-order valence-corrected chi connectivity index (χ0v) is 17.1. The molecule has 0 radical (unpaired) electrons. The molecule has 2 aromatic carbocycles. The van der Waals surface area contributed by atoms with E-state index in [0.29, 0.717) is 23.7 Å². The van der Waals surface area contributed by atoms with E-state index in [1.807, 2.05) is 0 Å². The van der Waals surface area contributed by atoms with Crippen LogP contribution in [0, 0.1) is 5.82 Å². The number of anilines is 1. The fraction of sp³-hybridized carbons (Fsp3) is 0.278. The van der Waals surface area contributed by atoms with E-state index in [9.17, 15) is 17.6 Å². The van der Waals surface area contributed by atoms with E-state index in [2.05, 4.69) is 5.32 Å². The minimum atomic E-state index is -3.80. The molecule has 1 aliphatic rings. The number of amides is 1. The van der Waals surface area contributed by atoms with Crippen LogP contribution in [0.3, 0.4) is 0 Å². The summed E-state index contributed by atoms with van der Waals surface area (Å²) in [5.41, 5.74) is 1.06. The zero-order chi connectivity index (χ0) is 20.3. The molecule has 0 bridgehead atoms. The lowest BCUT2D eigenvalue weighted by Gasteiger charge is -2.34. The summed E-state index contributed by atoms with van der Waals surface area (Å²) in [5.74, 6) is -1.13. The van der Waals surface area contributed by atoms with Crippen LogP contribution in [0.4, 0.5) is 10.1 Å². The van der Waals surface area contributed by atoms with Gasteiger partial charge < -0.3 is 5.32 Å². The minimum absolute atomic E-state index is 0.129. The molecule has 0 aromatic heterocycles. The maximum Gasteiger partial charge on any atom is 0.282 e. The summed E-state index contributed by atoms with van der Waals surface area (Å²) in [6.07, 6.45) is 0.593. The van der Waals surface area contributed by atoms with Crippen molar-refractivity contribution in [3.63, 3.8) is 0 Å². The van der Waals surface area contributed by atoms with Gasteiger partial charge in [0.1, 0.15) is 5.82 Å². The number of nitrogens with one attached hydrogen (secondary N) is 1. The molecule has 28 heavy (non-hydrogen) atoms. The molecular weight excluding hydrogens is 428 g/mol. The Morgan fingerprint density at radius 3 is 2.57 bits per heavy atom. The van der Waals surface area contributed by atoms with Gasteiger partial charge in [-0.15, -0.1) is 0 Å². The third-order valence-corrected chi connectivity index (χ3v) is 6.69. The topological polar surface area (TPSA) is 69.7 Å². The molecule has 150 valence electrons. The monoisotopic (exact) mass is 445 g/mol. The van der Waals surface area contributed by atoms with E-state index in [-0.39, 0.29) is 24.7 Å². The number of rotatable bonds is 5. The fourth-order valence-electron chi connectivity index (χ4n) is 2.91. The molecule has 1 saturated heterocycles. The molecule has 1 aliphatic heterocycles. The van der Waals surface area contributed by atoms with Gasteiger partial charge in [-0.1, -0.05) is 35.3 Å². The smallest absolute Gasteiger partial charge is 0.282 e. The fourth-order valence-corrected chi connectivity index (χ4v) is 4.94. The standard InChI is InChI=1S/C18H18Cl2FN3O3S/c19-14-4-1-3-13(9-14)11-23-7-2-8-24(28(23,26)27)12-18(25)22-15-5-6-17(21)16(20)10-15/h1,3-6,9-10H,2,7-8,11-12H2,(H,22,25). The van der Waals surface area contributed by atoms with Crippen LogP contribution in [0.2, 0.25) is 10.0 Å². The zero-order valence-electron chi connectivity index (χ0n) is 14.7. The van der Waals surface area contributed by atoms with Gasteiger partial charge in [-0.05, 0) is 42.3 Å². The highest BCUT2D eigenvalue weighted by Gasteiger charge is 2.34. The quantitative estimate of drug-likeness (QED) is 0.764. The van der Waals surface area contributed by atoms with Crippen molar-refractivity contribution in [3.8, 4) is 0 Å². The summed E-state index contributed by atoms with van der Waals surface area (Å²) < 4.78 is 41.4. The molecule has 1 N–H and O–H groups in total. The minimum Gasteiger partial charge on any atom is -0.325 e. The number of hydrogen-bond donors (Lipinski definition) is 1. The molecule has 0 atom stereocenters. The van der Waals surface area contributed by atoms with Gasteiger partial charge in [-0.3, -0.25) is 4.79 Å². The Labute approximate surface area is 173 Å². The van der Waals surface area contributed by atoms with Crippen molar-refractivity contribution in [2.45, 2.75) is 13.0 Å².